The van der Waals surface area contributed by atoms with Crippen molar-refractivity contribution in [2.45, 2.75) is 19.6 Å². The van der Waals surface area contributed by atoms with Crippen molar-refractivity contribution in [2.24, 2.45) is 0 Å². The van der Waals surface area contributed by atoms with Crippen molar-refractivity contribution in [2.75, 3.05) is 0 Å². The second-order valence-electron chi connectivity index (χ2n) is 5.36. The van der Waals surface area contributed by atoms with Gasteiger partial charge in [0.05, 0.1) is 17.0 Å². The molecule has 0 aliphatic heterocycles. The predicted octanol–water partition coefficient (Wildman–Crippen LogP) is 4.27. The Bertz CT molecular complexity index is 985. The van der Waals surface area contributed by atoms with Gasteiger partial charge in [-0.15, -0.1) is 11.3 Å². The van der Waals surface area contributed by atoms with Crippen LogP contribution in [0, 0.1) is 6.92 Å². The molecule has 0 amide bonds. The van der Waals surface area contributed by atoms with Gasteiger partial charge in [-0.05, 0) is 30.0 Å². The third kappa shape index (κ3) is 2.99. The molecule has 0 spiro atoms. The average molecular weight is 351 g/mol. The van der Waals surface area contributed by atoms with Crippen molar-refractivity contribution in [3.8, 4) is 0 Å². The van der Waals surface area contributed by atoms with Crippen molar-refractivity contribution < 1.29 is 18.0 Å². The number of carbonyl (C=O) groups is 1. The third-order valence-electron chi connectivity index (χ3n) is 3.72. The van der Waals surface area contributed by atoms with Crippen LogP contribution in [0.15, 0.2) is 47.4 Å². The first-order valence-electron chi connectivity index (χ1n) is 7.06. The normalized spacial score (nSPS) is 11.8. The monoisotopic (exact) mass is 351 g/mol. The number of Topliss-reactive ketones (excluding diaryl/α,β-unsaturated/α-hetero) is 1. The van der Waals surface area contributed by atoms with E-state index in [1.165, 1.54) is 11.3 Å². The number of aryl methyl sites for hydroxylation is 1. The first-order chi connectivity index (χ1) is 11.3. The van der Waals surface area contributed by atoms with E-state index in [1.807, 2.05) is 24.3 Å². The number of fused-ring (bicyclic) bond motifs is 1. The lowest BCUT2D eigenvalue weighted by Gasteiger charge is -2.10. The molecule has 24 heavy (non-hydrogen) atoms. The van der Waals surface area contributed by atoms with Crippen LogP contribution in [0.5, 0.6) is 0 Å². The van der Waals surface area contributed by atoms with E-state index < -0.39 is 23.8 Å². The Hall–Kier alpha value is -2.41. The number of rotatable bonds is 3. The number of nitrogens with zero attached hydrogens (tertiary/aromatic N) is 1. The molecule has 0 aliphatic carbocycles. The van der Waals surface area contributed by atoms with Crippen molar-refractivity contribution >= 4 is 27.2 Å². The number of hydrogen-bond acceptors (Lipinski definition) is 3. The molecule has 0 radical (unpaired) electrons. The molecule has 0 bridgehead atoms. The molecule has 0 unspecified atom stereocenters. The average Bonchev–Trinajstić information content (AvgIpc) is 2.86. The Labute approximate surface area is 139 Å². The van der Waals surface area contributed by atoms with Crippen LogP contribution in [0.4, 0.5) is 13.2 Å². The molecule has 0 atom stereocenters. The van der Waals surface area contributed by atoms with Gasteiger partial charge in [-0.2, -0.15) is 13.2 Å². The van der Waals surface area contributed by atoms with Crippen LogP contribution in [0.1, 0.15) is 20.8 Å². The zero-order valence-corrected chi connectivity index (χ0v) is 13.4. The maximum absolute atomic E-state index is 12.8. The Morgan fingerprint density at radius 1 is 1.17 bits per heavy atom. The fourth-order valence-corrected chi connectivity index (χ4v) is 3.63. The minimum atomic E-state index is -4.56. The highest BCUT2D eigenvalue weighted by Gasteiger charge is 2.31. The van der Waals surface area contributed by atoms with Crippen molar-refractivity contribution in [1.82, 2.24) is 4.57 Å². The van der Waals surface area contributed by atoms with E-state index in [0.29, 0.717) is 17.1 Å². The fourth-order valence-electron chi connectivity index (χ4n) is 2.49. The molecule has 0 fully saturated rings. The van der Waals surface area contributed by atoms with Gasteiger partial charge in [0, 0.05) is 17.0 Å². The minimum absolute atomic E-state index is 0.380. The molecule has 7 heteroatoms. The lowest BCUT2D eigenvalue weighted by Crippen LogP contribution is -2.25. The topological polar surface area (TPSA) is 39.1 Å². The molecule has 2 aromatic heterocycles. The molecule has 124 valence electrons. The number of ketones is 1. The number of thiophene rings is 1. The molecule has 1 aromatic carbocycles. The molecule has 0 aliphatic rings. The van der Waals surface area contributed by atoms with Gasteiger partial charge in [-0.25, -0.2) is 0 Å². The lowest BCUT2D eigenvalue weighted by atomic mass is 10.1. The Balaban J connectivity index is 1.97. The number of halogens is 3. The number of aromatic nitrogens is 1. The van der Waals surface area contributed by atoms with Gasteiger partial charge in [0.1, 0.15) is 0 Å². The van der Waals surface area contributed by atoms with Gasteiger partial charge in [0.2, 0.25) is 0 Å². The van der Waals surface area contributed by atoms with Crippen LogP contribution in [0.25, 0.3) is 10.1 Å². The number of carbonyl (C=O) groups excluding carboxylic acids is 1. The summed E-state index contributed by atoms with van der Waals surface area (Å²) in [6, 6.07) is 9.01. The molecule has 0 N–H and O–H groups in total. The van der Waals surface area contributed by atoms with Crippen molar-refractivity contribution in [3.63, 3.8) is 0 Å². The SMILES string of the molecule is Cc1c(C(=O)Cn2cc(C(F)(F)F)ccc2=O)sc2ccccc12. The third-order valence-corrected chi connectivity index (χ3v) is 5.04. The van der Waals surface area contributed by atoms with Gasteiger partial charge < -0.3 is 4.57 Å². The summed E-state index contributed by atoms with van der Waals surface area (Å²) >= 11 is 1.28. The molecular formula is C17H12F3NO2S. The second kappa shape index (κ2) is 5.90. The summed E-state index contributed by atoms with van der Waals surface area (Å²) < 4.78 is 40.0. The Kier molecular flexibility index (Phi) is 4.04. The number of benzene rings is 1. The van der Waals surface area contributed by atoms with E-state index in [2.05, 4.69) is 0 Å². The molecule has 3 rings (SSSR count). The summed E-state index contributed by atoms with van der Waals surface area (Å²) in [6.45, 7) is 1.37. The molecule has 0 saturated carbocycles. The van der Waals surface area contributed by atoms with Gasteiger partial charge in [-0.3, -0.25) is 9.59 Å². The van der Waals surface area contributed by atoms with Gasteiger partial charge in [-0.1, -0.05) is 18.2 Å². The van der Waals surface area contributed by atoms with E-state index in [0.717, 1.165) is 26.3 Å². The zero-order valence-electron chi connectivity index (χ0n) is 12.6. The maximum atomic E-state index is 12.8. The van der Waals surface area contributed by atoms with Crippen LogP contribution in [-0.2, 0) is 12.7 Å². The Morgan fingerprint density at radius 2 is 1.88 bits per heavy atom. The number of alkyl halides is 3. The van der Waals surface area contributed by atoms with Crippen LogP contribution >= 0.6 is 11.3 Å². The molecule has 3 nitrogen and oxygen atoms in total. The summed E-state index contributed by atoms with van der Waals surface area (Å²) in [5, 5.41) is 0.933. The van der Waals surface area contributed by atoms with E-state index in [9.17, 15) is 22.8 Å². The van der Waals surface area contributed by atoms with Gasteiger partial charge in [0.15, 0.2) is 5.78 Å². The number of hydrogen-bond donors (Lipinski definition) is 0. The van der Waals surface area contributed by atoms with Crippen LogP contribution in [0.3, 0.4) is 0 Å². The fraction of sp³-hybridized carbons (Fsp3) is 0.176. The first-order valence-corrected chi connectivity index (χ1v) is 7.88. The van der Waals surface area contributed by atoms with Gasteiger partial charge >= 0.3 is 6.18 Å². The van der Waals surface area contributed by atoms with Crippen LogP contribution < -0.4 is 5.56 Å². The van der Waals surface area contributed by atoms with Crippen molar-refractivity contribution in [3.05, 3.63) is 69.0 Å². The second-order valence-corrected chi connectivity index (χ2v) is 6.41. The van der Waals surface area contributed by atoms with E-state index in [-0.39, 0.29) is 5.78 Å². The predicted molar refractivity (Wildman–Crippen MR) is 86.6 cm³/mol. The largest absolute Gasteiger partial charge is 0.417 e. The summed E-state index contributed by atoms with van der Waals surface area (Å²) in [5.74, 6) is -0.380. The highest BCUT2D eigenvalue weighted by Crippen LogP contribution is 2.31. The van der Waals surface area contributed by atoms with Crippen LogP contribution in [-0.4, -0.2) is 10.4 Å². The number of pyridine rings is 1. The van der Waals surface area contributed by atoms with E-state index in [4.69, 9.17) is 0 Å². The summed E-state index contributed by atoms with van der Waals surface area (Å²) in [5.41, 5.74) is -0.821. The molecule has 2 heterocycles. The first kappa shape index (κ1) is 16.4. The van der Waals surface area contributed by atoms with E-state index in [1.54, 1.807) is 6.92 Å². The molecule has 0 saturated heterocycles. The lowest BCUT2D eigenvalue weighted by molar-refractivity contribution is -0.138. The summed E-state index contributed by atoms with van der Waals surface area (Å²) in [7, 11) is 0. The highest BCUT2D eigenvalue weighted by atomic mass is 32.1. The quantitative estimate of drug-likeness (QED) is 0.661. The summed E-state index contributed by atoms with van der Waals surface area (Å²) in [4.78, 5) is 24.7. The van der Waals surface area contributed by atoms with E-state index >= 15 is 0 Å². The summed E-state index contributed by atoms with van der Waals surface area (Å²) in [6.07, 6.45) is -3.88. The van der Waals surface area contributed by atoms with Crippen molar-refractivity contribution in [1.29, 1.82) is 0 Å². The minimum Gasteiger partial charge on any atom is -0.307 e. The maximum Gasteiger partial charge on any atom is 0.417 e. The van der Waals surface area contributed by atoms with Crippen LogP contribution in [0.2, 0.25) is 0 Å². The van der Waals surface area contributed by atoms with Gasteiger partial charge in [0.25, 0.3) is 5.56 Å². The smallest absolute Gasteiger partial charge is 0.307 e. The standard InChI is InChI=1S/C17H12F3NO2S/c1-10-12-4-2-3-5-14(12)24-16(10)13(22)9-21-8-11(17(18,19)20)6-7-15(21)23/h2-8H,9H2,1H3. The Morgan fingerprint density at radius 3 is 2.54 bits per heavy atom. The molecular weight excluding hydrogens is 339 g/mol. The molecule has 3 aromatic rings. The highest BCUT2D eigenvalue weighted by molar-refractivity contribution is 7.21. The zero-order chi connectivity index (χ0) is 17.5.